The predicted molar refractivity (Wildman–Crippen MR) is 122 cm³/mol. The lowest BCUT2D eigenvalue weighted by Crippen LogP contribution is -2.19. The Kier molecular flexibility index (Phi) is 7.42. The zero-order valence-corrected chi connectivity index (χ0v) is 19.0. The van der Waals surface area contributed by atoms with Gasteiger partial charge in [-0.1, -0.05) is 49.7 Å². The van der Waals surface area contributed by atoms with E-state index >= 15 is 0 Å². The number of ether oxygens (including phenoxy) is 4. The smallest absolute Gasteiger partial charge is 0.231 e. The monoisotopic (exact) mass is 437 g/mol. The van der Waals surface area contributed by atoms with Crippen LogP contribution in [-0.2, 0) is 29.1 Å². The second-order valence-corrected chi connectivity index (χ2v) is 7.73. The quantitative estimate of drug-likeness (QED) is 0.440. The largest absolute Gasteiger partial charge is 0.454 e. The van der Waals surface area contributed by atoms with Crippen molar-refractivity contribution in [3.05, 3.63) is 65.5 Å². The van der Waals surface area contributed by atoms with Crippen LogP contribution in [0.1, 0.15) is 43.0 Å². The minimum atomic E-state index is -0.525. The van der Waals surface area contributed by atoms with Crippen LogP contribution in [0.4, 0.5) is 0 Å². The fraction of sp³-hybridized carbons (Fsp3) is 0.400. The number of hydrogen-bond donors (Lipinski definition) is 1. The molecule has 1 aliphatic rings. The van der Waals surface area contributed by atoms with Crippen LogP contribution in [0.3, 0.4) is 0 Å². The Labute approximate surface area is 189 Å². The van der Waals surface area contributed by atoms with E-state index in [2.05, 4.69) is 35.0 Å². The lowest BCUT2D eigenvalue weighted by atomic mass is 10.2. The molecule has 0 saturated carbocycles. The first-order chi connectivity index (χ1) is 15.7. The molecular weight excluding hydrogens is 406 g/mol. The van der Waals surface area contributed by atoms with Gasteiger partial charge in [0.25, 0.3) is 0 Å². The van der Waals surface area contributed by atoms with Crippen LogP contribution < -0.4 is 14.8 Å². The maximum Gasteiger partial charge on any atom is 0.231 e. The molecule has 0 amide bonds. The molecular formula is C25H31N3O4. The van der Waals surface area contributed by atoms with E-state index in [4.69, 9.17) is 23.9 Å². The topological polar surface area (TPSA) is 66.8 Å². The van der Waals surface area contributed by atoms with E-state index in [0.717, 1.165) is 59.2 Å². The SMILES string of the molecule is CCCCn1c(-c2ccccc2)nc(C(OC)OC)c1CNCc1ccc2c(c1)OCO2. The number of imidazole rings is 1. The van der Waals surface area contributed by atoms with Gasteiger partial charge in [0.05, 0.1) is 5.69 Å². The summed E-state index contributed by atoms with van der Waals surface area (Å²) in [5, 5.41) is 3.57. The molecule has 0 bridgehead atoms. The van der Waals surface area contributed by atoms with Gasteiger partial charge in [0.1, 0.15) is 11.5 Å². The Balaban J connectivity index is 1.62. The number of hydrogen-bond acceptors (Lipinski definition) is 6. The van der Waals surface area contributed by atoms with Crippen molar-refractivity contribution in [3.8, 4) is 22.9 Å². The number of nitrogens with zero attached hydrogens (tertiary/aromatic N) is 2. The minimum Gasteiger partial charge on any atom is -0.454 e. The molecule has 0 radical (unpaired) electrons. The summed E-state index contributed by atoms with van der Waals surface area (Å²) in [7, 11) is 3.29. The molecule has 1 aromatic heterocycles. The average molecular weight is 438 g/mol. The predicted octanol–water partition coefficient (Wildman–Crippen LogP) is 4.66. The van der Waals surface area contributed by atoms with Crippen molar-refractivity contribution in [3.63, 3.8) is 0 Å². The molecule has 0 atom stereocenters. The molecule has 170 valence electrons. The van der Waals surface area contributed by atoms with Gasteiger partial charge in [0.15, 0.2) is 11.5 Å². The van der Waals surface area contributed by atoms with E-state index in [1.165, 1.54) is 0 Å². The van der Waals surface area contributed by atoms with Crippen molar-refractivity contribution >= 4 is 0 Å². The highest BCUT2D eigenvalue weighted by Crippen LogP contribution is 2.33. The molecule has 0 saturated heterocycles. The zero-order valence-electron chi connectivity index (χ0n) is 19.0. The number of rotatable bonds is 11. The number of nitrogens with one attached hydrogen (secondary N) is 1. The Bertz CT molecular complexity index is 1020. The van der Waals surface area contributed by atoms with Crippen LogP contribution >= 0.6 is 0 Å². The van der Waals surface area contributed by atoms with Crippen molar-refractivity contribution in [2.24, 2.45) is 0 Å². The molecule has 3 aromatic rings. The molecule has 2 aromatic carbocycles. The second kappa shape index (κ2) is 10.6. The van der Waals surface area contributed by atoms with E-state index in [1.807, 2.05) is 30.3 Å². The molecule has 7 nitrogen and oxygen atoms in total. The van der Waals surface area contributed by atoms with Gasteiger partial charge in [0, 0.05) is 39.4 Å². The summed E-state index contributed by atoms with van der Waals surface area (Å²) >= 11 is 0. The Morgan fingerprint density at radius 1 is 1.03 bits per heavy atom. The van der Waals surface area contributed by atoms with Crippen LogP contribution in [0.25, 0.3) is 11.4 Å². The molecule has 1 N–H and O–H groups in total. The third kappa shape index (κ3) is 4.80. The molecule has 0 spiro atoms. The molecule has 1 aliphatic heterocycles. The van der Waals surface area contributed by atoms with Crippen molar-refractivity contribution in [1.29, 1.82) is 0 Å². The Hall–Kier alpha value is -2.87. The Morgan fingerprint density at radius 3 is 2.56 bits per heavy atom. The summed E-state index contributed by atoms with van der Waals surface area (Å²) in [6, 6.07) is 16.3. The lowest BCUT2D eigenvalue weighted by Gasteiger charge is -2.16. The van der Waals surface area contributed by atoms with Crippen molar-refractivity contribution < 1.29 is 18.9 Å². The second-order valence-electron chi connectivity index (χ2n) is 7.73. The van der Waals surface area contributed by atoms with Crippen LogP contribution in [0.5, 0.6) is 11.5 Å². The first-order valence-electron chi connectivity index (χ1n) is 11.0. The maximum absolute atomic E-state index is 5.59. The highest BCUT2D eigenvalue weighted by atomic mass is 16.7. The molecule has 0 fully saturated rings. The normalized spacial score (nSPS) is 12.6. The number of fused-ring (bicyclic) bond motifs is 1. The van der Waals surface area contributed by atoms with Crippen molar-refractivity contribution in [1.82, 2.24) is 14.9 Å². The van der Waals surface area contributed by atoms with Gasteiger partial charge in [-0.3, -0.25) is 0 Å². The van der Waals surface area contributed by atoms with Gasteiger partial charge in [-0.25, -0.2) is 4.98 Å². The number of benzene rings is 2. The molecule has 0 unspecified atom stereocenters. The fourth-order valence-electron chi connectivity index (χ4n) is 3.94. The average Bonchev–Trinajstić information content (AvgIpc) is 3.44. The van der Waals surface area contributed by atoms with Crippen LogP contribution in [-0.4, -0.2) is 30.6 Å². The summed E-state index contributed by atoms with van der Waals surface area (Å²) in [4.78, 5) is 4.98. The third-order valence-corrected chi connectivity index (χ3v) is 5.58. The van der Waals surface area contributed by atoms with E-state index in [0.29, 0.717) is 13.1 Å². The van der Waals surface area contributed by atoms with Crippen LogP contribution in [0, 0.1) is 0 Å². The first-order valence-corrected chi connectivity index (χ1v) is 11.0. The first kappa shape index (κ1) is 22.3. The zero-order chi connectivity index (χ0) is 22.3. The summed E-state index contributed by atoms with van der Waals surface area (Å²) in [5.74, 6) is 2.53. The van der Waals surface area contributed by atoms with Crippen LogP contribution in [0.2, 0.25) is 0 Å². The van der Waals surface area contributed by atoms with Gasteiger partial charge >= 0.3 is 0 Å². The molecule has 2 heterocycles. The summed E-state index contributed by atoms with van der Waals surface area (Å²) in [6.07, 6.45) is 1.64. The van der Waals surface area contributed by atoms with E-state index in [9.17, 15) is 0 Å². The van der Waals surface area contributed by atoms with E-state index < -0.39 is 6.29 Å². The number of methoxy groups -OCH3 is 2. The number of unbranched alkanes of at least 4 members (excludes halogenated alkanes) is 1. The summed E-state index contributed by atoms with van der Waals surface area (Å²) in [5.41, 5.74) is 4.10. The van der Waals surface area contributed by atoms with Gasteiger partial charge in [0.2, 0.25) is 13.1 Å². The molecule has 4 rings (SSSR count). The standard InChI is InChI=1S/C25H31N3O4/c1-4-5-13-28-20(16-26-15-18-11-12-21-22(14-18)32-17-31-21)23(25(29-2)30-3)27-24(28)19-9-7-6-8-10-19/h6-12,14,25-26H,4-5,13,15-17H2,1-3H3. The minimum absolute atomic E-state index is 0.282. The lowest BCUT2D eigenvalue weighted by molar-refractivity contribution is -0.109. The van der Waals surface area contributed by atoms with Crippen LogP contribution in [0.15, 0.2) is 48.5 Å². The summed E-state index contributed by atoms with van der Waals surface area (Å²) in [6.45, 7) is 4.69. The van der Waals surface area contributed by atoms with E-state index in [-0.39, 0.29) is 6.79 Å². The van der Waals surface area contributed by atoms with Crippen molar-refractivity contribution in [2.75, 3.05) is 21.0 Å². The Morgan fingerprint density at radius 2 is 1.81 bits per heavy atom. The molecule has 7 heteroatoms. The van der Waals surface area contributed by atoms with Gasteiger partial charge in [-0.05, 0) is 24.1 Å². The maximum atomic E-state index is 5.59. The highest BCUT2D eigenvalue weighted by molar-refractivity contribution is 5.57. The van der Waals surface area contributed by atoms with E-state index in [1.54, 1.807) is 14.2 Å². The van der Waals surface area contributed by atoms with Crippen molar-refractivity contribution in [2.45, 2.75) is 45.7 Å². The highest BCUT2D eigenvalue weighted by Gasteiger charge is 2.24. The van der Waals surface area contributed by atoms with Gasteiger partial charge in [-0.15, -0.1) is 0 Å². The van der Waals surface area contributed by atoms with Gasteiger partial charge in [-0.2, -0.15) is 0 Å². The number of aromatic nitrogens is 2. The fourth-order valence-corrected chi connectivity index (χ4v) is 3.94. The third-order valence-electron chi connectivity index (χ3n) is 5.58. The molecule has 32 heavy (non-hydrogen) atoms. The molecule has 0 aliphatic carbocycles. The summed E-state index contributed by atoms with van der Waals surface area (Å²) < 4.78 is 24.4. The van der Waals surface area contributed by atoms with Gasteiger partial charge < -0.3 is 28.8 Å².